The first kappa shape index (κ1) is 18.7. The van der Waals surface area contributed by atoms with Crippen LogP contribution >= 0.6 is 23.4 Å². The molecular weight excluding hydrogens is 360 g/mol. The minimum absolute atomic E-state index is 0.0633. The lowest BCUT2D eigenvalue weighted by atomic mass is 10.1. The molecule has 2 unspecified atom stereocenters. The highest BCUT2D eigenvalue weighted by atomic mass is 35.5. The number of thioether (sulfide) groups is 1. The molecule has 0 aliphatic carbocycles. The quantitative estimate of drug-likeness (QED) is 0.775. The molecule has 25 heavy (non-hydrogen) atoms. The fourth-order valence-corrected chi connectivity index (χ4v) is 3.96. The molecule has 2 heterocycles. The Hall–Kier alpha value is -1.08. The summed E-state index contributed by atoms with van der Waals surface area (Å²) in [6.07, 6.45) is 2.86. The molecule has 2 fully saturated rings. The number of carbonyl (C=O) groups is 1. The van der Waals surface area contributed by atoms with Crippen molar-refractivity contribution in [1.29, 1.82) is 0 Å². The highest BCUT2D eigenvalue weighted by molar-refractivity contribution is 8.14. The third kappa shape index (κ3) is 4.97. The first-order chi connectivity index (χ1) is 12.1. The van der Waals surface area contributed by atoms with Crippen molar-refractivity contribution in [3.63, 3.8) is 0 Å². The number of benzene rings is 1. The van der Waals surface area contributed by atoms with Crippen LogP contribution in [0.3, 0.4) is 0 Å². The first-order valence-corrected chi connectivity index (χ1v) is 10.0. The molecule has 0 aromatic heterocycles. The Morgan fingerprint density at radius 3 is 3.08 bits per heavy atom. The SMILES string of the molecule is CC(OCC1CCCCO1)C(=O)N1CCSC1=Nc1ccccc1Cl. The zero-order valence-corrected chi connectivity index (χ0v) is 15.9. The number of ether oxygens (including phenoxy) is 2. The molecule has 2 saturated heterocycles. The summed E-state index contributed by atoms with van der Waals surface area (Å²) in [6, 6.07) is 7.38. The van der Waals surface area contributed by atoms with Gasteiger partial charge < -0.3 is 9.47 Å². The van der Waals surface area contributed by atoms with Gasteiger partial charge >= 0.3 is 0 Å². The van der Waals surface area contributed by atoms with Crippen molar-refractivity contribution in [2.45, 2.75) is 38.4 Å². The van der Waals surface area contributed by atoms with Crippen molar-refractivity contribution in [1.82, 2.24) is 4.90 Å². The maximum Gasteiger partial charge on any atom is 0.257 e. The molecule has 1 aromatic carbocycles. The normalized spacial score (nSPS) is 23.8. The minimum atomic E-state index is -0.513. The third-order valence-electron chi connectivity index (χ3n) is 4.27. The van der Waals surface area contributed by atoms with E-state index >= 15 is 0 Å². The second-order valence-electron chi connectivity index (χ2n) is 6.15. The van der Waals surface area contributed by atoms with Crippen LogP contribution in [0.1, 0.15) is 26.2 Å². The lowest BCUT2D eigenvalue weighted by Gasteiger charge is -2.25. The molecule has 7 heteroatoms. The van der Waals surface area contributed by atoms with Gasteiger partial charge in [-0.1, -0.05) is 35.5 Å². The van der Waals surface area contributed by atoms with Gasteiger partial charge in [-0.25, -0.2) is 4.99 Å². The summed E-state index contributed by atoms with van der Waals surface area (Å²) >= 11 is 7.73. The van der Waals surface area contributed by atoms with E-state index in [-0.39, 0.29) is 12.0 Å². The number of nitrogens with zero attached hydrogens (tertiary/aromatic N) is 2. The molecule has 0 radical (unpaired) electrons. The highest BCUT2D eigenvalue weighted by Gasteiger charge is 2.30. The molecule has 0 saturated carbocycles. The van der Waals surface area contributed by atoms with E-state index in [1.807, 2.05) is 18.2 Å². The number of amidine groups is 1. The van der Waals surface area contributed by atoms with E-state index in [0.717, 1.165) is 31.6 Å². The number of halogens is 1. The molecule has 0 spiro atoms. The van der Waals surface area contributed by atoms with E-state index in [1.54, 1.807) is 29.7 Å². The molecule has 0 bridgehead atoms. The van der Waals surface area contributed by atoms with Gasteiger partial charge in [-0.05, 0) is 38.3 Å². The Kier molecular flexibility index (Phi) is 6.76. The molecular formula is C18H23ClN2O3S. The molecule has 3 rings (SSSR count). The number of aliphatic imine (C=N–C) groups is 1. The van der Waals surface area contributed by atoms with Crippen LogP contribution in [0, 0.1) is 0 Å². The molecule has 0 N–H and O–H groups in total. The van der Waals surface area contributed by atoms with Crippen LogP contribution < -0.4 is 0 Å². The van der Waals surface area contributed by atoms with Crippen LogP contribution in [0.15, 0.2) is 29.3 Å². The summed E-state index contributed by atoms with van der Waals surface area (Å²) in [6.45, 7) is 3.68. The van der Waals surface area contributed by atoms with Gasteiger partial charge in [-0.3, -0.25) is 9.69 Å². The standard InChI is InChI=1S/C18H23ClN2O3S/c1-13(24-12-14-6-4-5-10-23-14)17(22)21-9-11-25-18(21)20-16-8-3-2-7-15(16)19/h2-3,7-8,13-14H,4-6,9-12H2,1H3. The van der Waals surface area contributed by atoms with Crippen molar-refractivity contribution in [2.24, 2.45) is 4.99 Å². The summed E-state index contributed by atoms with van der Waals surface area (Å²) in [5, 5.41) is 1.26. The van der Waals surface area contributed by atoms with E-state index in [2.05, 4.69) is 4.99 Å². The number of hydrogen-bond acceptors (Lipinski definition) is 5. The summed E-state index contributed by atoms with van der Waals surface area (Å²) in [7, 11) is 0. The zero-order chi connectivity index (χ0) is 17.6. The Balaban J connectivity index is 1.61. The van der Waals surface area contributed by atoms with Gasteiger partial charge in [0.05, 0.1) is 23.4 Å². The summed E-state index contributed by atoms with van der Waals surface area (Å²) in [4.78, 5) is 19.0. The molecule has 5 nitrogen and oxygen atoms in total. The predicted octanol–water partition coefficient (Wildman–Crippen LogP) is 3.88. The second-order valence-corrected chi connectivity index (χ2v) is 7.62. The van der Waals surface area contributed by atoms with Gasteiger partial charge in [-0.2, -0.15) is 0 Å². The molecule has 1 aromatic rings. The van der Waals surface area contributed by atoms with Gasteiger partial charge in [0.25, 0.3) is 5.91 Å². The summed E-state index contributed by atoms with van der Waals surface area (Å²) in [5.74, 6) is 0.764. The number of carbonyl (C=O) groups excluding carboxylic acids is 1. The van der Waals surface area contributed by atoms with E-state index in [9.17, 15) is 4.79 Å². The number of para-hydroxylation sites is 1. The number of hydrogen-bond donors (Lipinski definition) is 0. The van der Waals surface area contributed by atoms with Crippen LogP contribution in [0.4, 0.5) is 5.69 Å². The van der Waals surface area contributed by atoms with E-state index in [4.69, 9.17) is 21.1 Å². The van der Waals surface area contributed by atoms with Gasteiger partial charge in [0.2, 0.25) is 0 Å². The Bertz CT molecular complexity index is 635. The maximum absolute atomic E-state index is 12.7. The van der Waals surface area contributed by atoms with Crippen LogP contribution in [-0.2, 0) is 14.3 Å². The van der Waals surface area contributed by atoms with Gasteiger partial charge in [0, 0.05) is 18.9 Å². The van der Waals surface area contributed by atoms with Crippen LogP contribution in [0.2, 0.25) is 5.02 Å². The molecule has 1 amide bonds. The summed E-state index contributed by atoms with van der Waals surface area (Å²) in [5.41, 5.74) is 0.676. The first-order valence-electron chi connectivity index (χ1n) is 8.66. The molecule has 136 valence electrons. The van der Waals surface area contributed by atoms with Crippen LogP contribution in [0.25, 0.3) is 0 Å². The van der Waals surface area contributed by atoms with Crippen LogP contribution in [-0.4, -0.2) is 53.7 Å². The van der Waals surface area contributed by atoms with Gasteiger partial charge in [-0.15, -0.1) is 0 Å². The number of rotatable bonds is 5. The lowest BCUT2D eigenvalue weighted by Crippen LogP contribution is -2.41. The van der Waals surface area contributed by atoms with Gasteiger partial charge in [0.15, 0.2) is 5.17 Å². The third-order valence-corrected chi connectivity index (χ3v) is 5.54. The van der Waals surface area contributed by atoms with E-state index in [1.165, 1.54) is 0 Å². The monoisotopic (exact) mass is 382 g/mol. The van der Waals surface area contributed by atoms with Crippen molar-refractivity contribution < 1.29 is 14.3 Å². The number of amides is 1. The smallest absolute Gasteiger partial charge is 0.257 e. The average molecular weight is 383 g/mol. The van der Waals surface area contributed by atoms with Crippen molar-refractivity contribution >= 4 is 40.1 Å². The fraction of sp³-hybridized carbons (Fsp3) is 0.556. The molecule has 2 aliphatic heterocycles. The zero-order valence-electron chi connectivity index (χ0n) is 14.3. The summed E-state index contributed by atoms with van der Waals surface area (Å²) < 4.78 is 11.4. The lowest BCUT2D eigenvalue weighted by molar-refractivity contribution is -0.141. The maximum atomic E-state index is 12.7. The van der Waals surface area contributed by atoms with Crippen LogP contribution in [0.5, 0.6) is 0 Å². The van der Waals surface area contributed by atoms with E-state index in [0.29, 0.717) is 29.0 Å². The predicted molar refractivity (Wildman–Crippen MR) is 102 cm³/mol. The molecule has 2 aliphatic rings. The fourth-order valence-electron chi connectivity index (χ4n) is 2.83. The Morgan fingerprint density at radius 1 is 1.48 bits per heavy atom. The highest BCUT2D eigenvalue weighted by Crippen LogP contribution is 2.28. The topological polar surface area (TPSA) is 51.1 Å². The second kappa shape index (κ2) is 9.03. The largest absolute Gasteiger partial charge is 0.376 e. The minimum Gasteiger partial charge on any atom is -0.376 e. The Morgan fingerprint density at radius 2 is 2.32 bits per heavy atom. The van der Waals surface area contributed by atoms with Crippen molar-refractivity contribution in [3.05, 3.63) is 29.3 Å². The van der Waals surface area contributed by atoms with Crippen molar-refractivity contribution in [2.75, 3.05) is 25.5 Å². The van der Waals surface area contributed by atoms with Crippen molar-refractivity contribution in [3.8, 4) is 0 Å². The van der Waals surface area contributed by atoms with E-state index < -0.39 is 6.10 Å². The Labute approximate surface area is 157 Å². The average Bonchev–Trinajstić information content (AvgIpc) is 3.10. The van der Waals surface area contributed by atoms with Gasteiger partial charge in [0.1, 0.15) is 6.10 Å². The molecule has 2 atom stereocenters.